The van der Waals surface area contributed by atoms with Gasteiger partial charge in [-0.25, -0.2) is 0 Å². The lowest BCUT2D eigenvalue weighted by Crippen LogP contribution is -2.52. The minimum Gasteiger partial charge on any atom is -0.374 e. The Balaban J connectivity index is 1.77. The molecule has 1 aromatic rings. The van der Waals surface area contributed by atoms with E-state index in [0.29, 0.717) is 0 Å². The standard InChI is InChI=1S/C16H24N2O2/c1-16(8-4-9-20-16)15(18-17)11-14-13-6-3-2-5-12(13)7-10-19-14/h2-3,5-6,14-15,18H,4,7-11,17H2,1H3. The molecule has 3 atom stereocenters. The van der Waals surface area contributed by atoms with E-state index in [2.05, 4.69) is 36.6 Å². The predicted octanol–water partition coefficient (Wildman–Crippen LogP) is 2.09. The van der Waals surface area contributed by atoms with E-state index >= 15 is 0 Å². The van der Waals surface area contributed by atoms with Crippen LogP contribution in [0.2, 0.25) is 0 Å². The van der Waals surface area contributed by atoms with Gasteiger partial charge in [-0.15, -0.1) is 0 Å². The maximum atomic E-state index is 5.99. The van der Waals surface area contributed by atoms with E-state index in [1.807, 2.05) is 0 Å². The van der Waals surface area contributed by atoms with Gasteiger partial charge in [-0.1, -0.05) is 24.3 Å². The molecule has 0 amide bonds. The van der Waals surface area contributed by atoms with Crippen molar-refractivity contribution in [2.45, 2.75) is 50.4 Å². The first kappa shape index (κ1) is 14.0. The molecule has 3 unspecified atom stereocenters. The first-order chi connectivity index (χ1) is 9.73. The van der Waals surface area contributed by atoms with Gasteiger partial charge in [0.15, 0.2) is 0 Å². The van der Waals surface area contributed by atoms with E-state index in [1.165, 1.54) is 11.1 Å². The maximum Gasteiger partial charge on any atom is 0.0844 e. The van der Waals surface area contributed by atoms with Crippen LogP contribution in [0.25, 0.3) is 0 Å². The third kappa shape index (κ3) is 2.61. The molecule has 1 saturated heterocycles. The van der Waals surface area contributed by atoms with Gasteiger partial charge in [-0.2, -0.15) is 0 Å². The molecule has 20 heavy (non-hydrogen) atoms. The molecule has 4 heteroatoms. The molecule has 0 bridgehead atoms. The van der Waals surface area contributed by atoms with E-state index in [1.54, 1.807) is 0 Å². The highest BCUT2D eigenvalue weighted by molar-refractivity contribution is 5.31. The zero-order chi connectivity index (χ0) is 14.0. The van der Waals surface area contributed by atoms with Crippen LogP contribution >= 0.6 is 0 Å². The molecule has 110 valence electrons. The fraction of sp³-hybridized carbons (Fsp3) is 0.625. The molecule has 0 saturated carbocycles. The zero-order valence-corrected chi connectivity index (χ0v) is 12.1. The van der Waals surface area contributed by atoms with Crippen molar-refractivity contribution in [2.75, 3.05) is 13.2 Å². The van der Waals surface area contributed by atoms with Crippen molar-refractivity contribution in [2.24, 2.45) is 5.84 Å². The van der Waals surface area contributed by atoms with Crippen molar-refractivity contribution in [1.29, 1.82) is 0 Å². The SMILES string of the molecule is CC1(C(CC2OCCc3ccccc32)NN)CCCO1. The number of rotatable bonds is 4. The number of nitrogens with two attached hydrogens (primary N) is 1. The number of hydrogen-bond donors (Lipinski definition) is 2. The van der Waals surface area contributed by atoms with Gasteiger partial charge < -0.3 is 9.47 Å². The highest BCUT2D eigenvalue weighted by atomic mass is 16.5. The van der Waals surface area contributed by atoms with Gasteiger partial charge in [0.1, 0.15) is 0 Å². The summed E-state index contributed by atoms with van der Waals surface area (Å²) in [5, 5.41) is 0. The van der Waals surface area contributed by atoms with Gasteiger partial charge >= 0.3 is 0 Å². The third-order valence-electron chi connectivity index (χ3n) is 4.73. The van der Waals surface area contributed by atoms with Crippen LogP contribution < -0.4 is 11.3 Å². The Bertz CT molecular complexity index is 458. The van der Waals surface area contributed by atoms with Crippen molar-refractivity contribution < 1.29 is 9.47 Å². The Labute approximate surface area is 120 Å². The third-order valence-corrected chi connectivity index (χ3v) is 4.73. The second kappa shape index (κ2) is 5.82. The van der Waals surface area contributed by atoms with E-state index in [0.717, 1.165) is 38.9 Å². The second-order valence-corrected chi connectivity index (χ2v) is 6.03. The lowest BCUT2D eigenvalue weighted by Gasteiger charge is -2.36. The van der Waals surface area contributed by atoms with Gasteiger partial charge in [0, 0.05) is 6.61 Å². The van der Waals surface area contributed by atoms with Crippen LogP contribution in [0.5, 0.6) is 0 Å². The van der Waals surface area contributed by atoms with Gasteiger partial charge in [-0.3, -0.25) is 11.3 Å². The van der Waals surface area contributed by atoms with E-state index in [9.17, 15) is 0 Å². The van der Waals surface area contributed by atoms with Crippen molar-refractivity contribution in [3.63, 3.8) is 0 Å². The molecule has 4 nitrogen and oxygen atoms in total. The first-order valence-electron chi connectivity index (χ1n) is 7.52. The number of fused-ring (bicyclic) bond motifs is 1. The molecule has 0 aromatic heterocycles. The van der Waals surface area contributed by atoms with Crippen LogP contribution in [0.15, 0.2) is 24.3 Å². The number of hydrazine groups is 1. The summed E-state index contributed by atoms with van der Waals surface area (Å²) in [5.41, 5.74) is 5.49. The molecule has 0 spiro atoms. The van der Waals surface area contributed by atoms with Crippen molar-refractivity contribution in [3.05, 3.63) is 35.4 Å². The van der Waals surface area contributed by atoms with Crippen molar-refractivity contribution in [3.8, 4) is 0 Å². The van der Waals surface area contributed by atoms with Crippen LogP contribution in [0, 0.1) is 0 Å². The Morgan fingerprint density at radius 2 is 2.25 bits per heavy atom. The average Bonchev–Trinajstić information content (AvgIpc) is 2.92. The predicted molar refractivity (Wildman–Crippen MR) is 78.2 cm³/mol. The minimum absolute atomic E-state index is 0.112. The van der Waals surface area contributed by atoms with E-state index in [4.69, 9.17) is 15.3 Å². The van der Waals surface area contributed by atoms with Gasteiger partial charge in [0.05, 0.1) is 24.4 Å². The summed E-state index contributed by atoms with van der Waals surface area (Å²) >= 11 is 0. The first-order valence-corrected chi connectivity index (χ1v) is 7.52. The van der Waals surface area contributed by atoms with E-state index < -0.39 is 0 Å². The molecule has 2 aliphatic rings. The molecule has 3 N–H and O–H groups in total. The largest absolute Gasteiger partial charge is 0.374 e. The summed E-state index contributed by atoms with van der Waals surface area (Å²) < 4.78 is 11.9. The highest BCUT2D eigenvalue weighted by Crippen LogP contribution is 2.36. The van der Waals surface area contributed by atoms with Crippen molar-refractivity contribution >= 4 is 0 Å². The summed E-state index contributed by atoms with van der Waals surface area (Å²) in [6.07, 6.45) is 4.13. The fourth-order valence-corrected chi connectivity index (χ4v) is 3.46. The van der Waals surface area contributed by atoms with Crippen LogP contribution in [0.1, 0.15) is 43.4 Å². The quantitative estimate of drug-likeness (QED) is 0.653. The fourth-order valence-electron chi connectivity index (χ4n) is 3.46. The van der Waals surface area contributed by atoms with Gasteiger partial charge in [-0.05, 0) is 43.7 Å². The van der Waals surface area contributed by atoms with Crippen molar-refractivity contribution in [1.82, 2.24) is 5.43 Å². The van der Waals surface area contributed by atoms with Gasteiger partial charge in [0.2, 0.25) is 0 Å². The molecular weight excluding hydrogens is 252 g/mol. The smallest absolute Gasteiger partial charge is 0.0844 e. The summed E-state index contributed by atoms with van der Waals surface area (Å²) in [4.78, 5) is 0. The zero-order valence-electron chi connectivity index (χ0n) is 12.1. The topological polar surface area (TPSA) is 56.5 Å². The van der Waals surface area contributed by atoms with Crippen LogP contribution in [-0.2, 0) is 15.9 Å². The maximum absolute atomic E-state index is 5.99. The molecule has 0 radical (unpaired) electrons. The highest BCUT2D eigenvalue weighted by Gasteiger charge is 2.40. The summed E-state index contributed by atoms with van der Waals surface area (Å²) in [7, 11) is 0. The minimum atomic E-state index is -0.176. The lowest BCUT2D eigenvalue weighted by atomic mass is 9.86. The van der Waals surface area contributed by atoms with Crippen LogP contribution in [-0.4, -0.2) is 24.9 Å². The number of hydrogen-bond acceptors (Lipinski definition) is 4. The Kier molecular flexibility index (Phi) is 4.08. The van der Waals surface area contributed by atoms with E-state index in [-0.39, 0.29) is 17.7 Å². The normalized spacial score (nSPS) is 31.0. The van der Waals surface area contributed by atoms with Crippen LogP contribution in [0.3, 0.4) is 0 Å². The summed E-state index contributed by atoms with van der Waals surface area (Å²) in [6.45, 7) is 3.77. The molecule has 2 heterocycles. The molecular formula is C16H24N2O2. The Morgan fingerprint density at radius 3 is 3.00 bits per heavy atom. The molecule has 0 aliphatic carbocycles. The molecule has 3 rings (SSSR count). The molecule has 2 aliphatic heterocycles. The molecule has 1 aromatic carbocycles. The number of ether oxygens (including phenoxy) is 2. The Hall–Kier alpha value is -0.940. The summed E-state index contributed by atoms with van der Waals surface area (Å²) in [5.74, 6) is 5.79. The average molecular weight is 276 g/mol. The monoisotopic (exact) mass is 276 g/mol. The lowest BCUT2D eigenvalue weighted by molar-refractivity contribution is -0.0407. The van der Waals surface area contributed by atoms with Crippen LogP contribution in [0.4, 0.5) is 0 Å². The number of nitrogens with one attached hydrogen (secondary N) is 1. The van der Waals surface area contributed by atoms with Gasteiger partial charge in [0.25, 0.3) is 0 Å². The molecule has 1 fully saturated rings. The Morgan fingerprint density at radius 1 is 1.40 bits per heavy atom. The second-order valence-electron chi connectivity index (χ2n) is 6.03. The summed E-state index contributed by atoms with van der Waals surface area (Å²) in [6, 6.07) is 8.66. The number of benzene rings is 1.